The number of nitrogens with two attached hydrogens (primary N) is 1. The molecule has 1 heterocycles. The third kappa shape index (κ3) is 2.26. The number of hydrogen-bond acceptors (Lipinski definition) is 3. The van der Waals surface area contributed by atoms with Crippen molar-refractivity contribution >= 4 is 5.78 Å². The van der Waals surface area contributed by atoms with Crippen molar-refractivity contribution in [1.82, 2.24) is 0 Å². The zero-order valence-electron chi connectivity index (χ0n) is 9.37. The minimum atomic E-state index is -0.330. The molecule has 88 valence electrons. The van der Waals surface area contributed by atoms with Crippen LogP contribution in [0.15, 0.2) is 34.7 Å². The van der Waals surface area contributed by atoms with Crippen molar-refractivity contribution < 1.29 is 13.6 Å². The first-order chi connectivity index (χ1) is 8.11. The predicted molar refractivity (Wildman–Crippen MR) is 61.2 cm³/mol. The van der Waals surface area contributed by atoms with Crippen LogP contribution in [-0.4, -0.2) is 5.78 Å². The van der Waals surface area contributed by atoms with Crippen LogP contribution >= 0.6 is 0 Å². The molecular weight excluding hydrogens is 221 g/mol. The Balaban J connectivity index is 2.33. The molecule has 3 nitrogen and oxygen atoms in total. The maximum atomic E-state index is 13.1. The van der Waals surface area contributed by atoms with Gasteiger partial charge >= 0.3 is 0 Å². The molecule has 1 aromatic carbocycles. The van der Waals surface area contributed by atoms with Crippen LogP contribution < -0.4 is 5.73 Å². The van der Waals surface area contributed by atoms with Crippen molar-refractivity contribution in [3.8, 4) is 0 Å². The first-order valence-corrected chi connectivity index (χ1v) is 5.21. The summed E-state index contributed by atoms with van der Waals surface area (Å²) < 4.78 is 18.3. The summed E-state index contributed by atoms with van der Waals surface area (Å²) in [7, 11) is 0. The number of rotatable bonds is 3. The Bertz CT molecular complexity index is 560. The fourth-order valence-corrected chi connectivity index (χ4v) is 1.54. The monoisotopic (exact) mass is 233 g/mol. The average Bonchev–Trinajstić information content (AvgIpc) is 2.80. The molecule has 0 bridgehead atoms. The van der Waals surface area contributed by atoms with Gasteiger partial charge in [-0.1, -0.05) is 0 Å². The van der Waals surface area contributed by atoms with Crippen LogP contribution in [0, 0.1) is 12.7 Å². The normalized spacial score (nSPS) is 10.5. The molecule has 0 aliphatic rings. The van der Waals surface area contributed by atoms with Gasteiger partial charge < -0.3 is 10.2 Å². The third-order valence-electron chi connectivity index (χ3n) is 2.51. The van der Waals surface area contributed by atoms with E-state index in [0.29, 0.717) is 16.9 Å². The topological polar surface area (TPSA) is 56.2 Å². The van der Waals surface area contributed by atoms with E-state index in [0.717, 1.165) is 0 Å². The molecule has 0 atom stereocenters. The highest BCUT2D eigenvalue weighted by molar-refractivity contribution is 6.07. The van der Waals surface area contributed by atoms with Gasteiger partial charge in [-0.25, -0.2) is 4.39 Å². The second-order valence-corrected chi connectivity index (χ2v) is 3.76. The summed E-state index contributed by atoms with van der Waals surface area (Å²) in [6, 6.07) is 7.44. The highest BCUT2D eigenvalue weighted by atomic mass is 19.1. The van der Waals surface area contributed by atoms with Crippen LogP contribution in [0.5, 0.6) is 0 Å². The molecule has 0 spiro atoms. The number of furan rings is 1. The lowest BCUT2D eigenvalue weighted by atomic mass is 10.1. The van der Waals surface area contributed by atoms with E-state index in [1.54, 1.807) is 19.1 Å². The van der Waals surface area contributed by atoms with Crippen molar-refractivity contribution in [2.75, 3.05) is 0 Å². The molecule has 2 aromatic rings. The van der Waals surface area contributed by atoms with E-state index in [9.17, 15) is 9.18 Å². The minimum absolute atomic E-state index is 0.219. The van der Waals surface area contributed by atoms with Crippen LogP contribution in [0.4, 0.5) is 4.39 Å². The number of carbonyl (C=O) groups excluding carboxylic acids is 1. The Morgan fingerprint density at radius 1 is 1.35 bits per heavy atom. The lowest BCUT2D eigenvalue weighted by Gasteiger charge is -2.00. The van der Waals surface area contributed by atoms with Gasteiger partial charge in [0.2, 0.25) is 5.78 Å². The van der Waals surface area contributed by atoms with Gasteiger partial charge in [-0.15, -0.1) is 0 Å². The lowest BCUT2D eigenvalue weighted by molar-refractivity contribution is 0.101. The summed E-state index contributed by atoms with van der Waals surface area (Å²) in [5.41, 5.74) is 6.23. The molecule has 2 N–H and O–H groups in total. The number of ketones is 1. The fraction of sp³-hybridized carbons (Fsp3) is 0.154. The van der Waals surface area contributed by atoms with Crippen LogP contribution in [0.2, 0.25) is 0 Å². The number of hydrogen-bond donors (Lipinski definition) is 1. The summed E-state index contributed by atoms with van der Waals surface area (Å²) in [4.78, 5) is 12.0. The Morgan fingerprint density at radius 2 is 2.12 bits per heavy atom. The highest BCUT2D eigenvalue weighted by Crippen LogP contribution is 2.16. The standard InChI is InChI=1S/C13H12FNO2/c1-8-6-9(2-4-11(8)14)13(16)12-5-3-10(7-15)17-12/h2-6H,7,15H2,1H3. The van der Waals surface area contributed by atoms with Crippen LogP contribution in [0.25, 0.3) is 0 Å². The molecule has 0 aliphatic carbocycles. The first-order valence-electron chi connectivity index (χ1n) is 5.21. The Morgan fingerprint density at radius 3 is 2.71 bits per heavy atom. The van der Waals surface area contributed by atoms with Gasteiger partial charge in [0, 0.05) is 5.56 Å². The summed E-state index contributed by atoms with van der Waals surface area (Å²) >= 11 is 0. The summed E-state index contributed by atoms with van der Waals surface area (Å²) in [5, 5.41) is 0. The summed E-state index contributed by atoms with van der Waals surface area (Å²) in [6.45, 7) is 1.86. The van der Waals surface area contributed by atoms with Gasteiger partial charge in [-0.3, -0.25) is 4.79 Å². The molecule has 2 rings (SSSR count). The smallest absolute Gasteiger partial charge is 0.228 e. The second kappa shape index (κ2) is 4.51. The van der Waals surface area contributed by atoms with Crippen molar-refractivity contribution in [2.45, 2.75) is 13.5 Å². The molecule has 1 aromatic heterocycles. The molecule has 0 saturated heterocycles. The molecule has 4 heteroatoms. The molecule has 0 aliphatic heterocycles. The van der Waals surface area contributed by atoms with Gasteiger partial charge in [-0.2, -0.15) is 0 Å². The van der Waals surface area contributed by atoms with E-state index in [-0.39, 0.29) is 23.9 Å². The van der Waals surface area contributed by atoms with Gasteiger partial charge in [0.25, 0.3) is 0 Å². The number of halogens is 1. The Labute approximate surface area is 98.0 Å². The SMILES string of the molecule is Cc1cc(C(=O)c2ccc(CN)o2)ccc1F. The lowest BCUT2D eigenvalue weighted by Crippen LogP contribution is -2.01. The van der Waals surface area contributed by atoms with E-state index >= 15 is 0 Å². The molecule has 0 saturated carbocycles. The van der Waals surface area contributed by atoms with E-state index < -0.39 is 0 Å². The van der Waals surface area contributed by atoms with Crippen LogP contribution in [0.1, 0.15) is 27.4 Å². The Kier molecular flexibility index (Phi) is 3.06. The zero-order valence-corrected chi connectivity index (χ0v) is 9.37. The third-order valence-corrected chi connectivity index (χ3v) is 2.51. The maximum Gasteiger partial charge on any atom is 0.228 e. The quantitative estimate of drug-likeness (QED) is 0.828. The summed E-state index contributed by atoms with van der Waals surface area (Å²) in [5.74, 6) is 0.167. The number of carbonyl (C=O) groups is 1. The maximum absolute atomic E-state index is 13.1. The largest absolute Gasteiger partial charge is 0.456 e. The van der Waals surface area contributed by atoms with E-state index in [1.165, 1.54) is 18.2 Å². The van der Waals surface area contributed by atoms with E-state index in [2.05, 4.69) is 0 Å². The summed E-state index contributed by atoms with van der Waals surface area (Å²) in [6.07, 6.45) is 0. The van der Waals surface area contributed by atoms with Gasteiger partial charge in [0.15, 0.2) is 5.76 Å². The van der Waals surface area contributed by atoms with Gasteiger partial charge in [0.05, 0.1) is 6.54 Å². The first kappa shape index (κ1) is 11.5. The average molecular weight is 233 g/mol. The molecule has 0 radical (unpaired) electrons. The molecule has 0 unspecified atom stereocenters. The highest BCUT2D eigenvalue weighted by Gasteiger charge is 2.14. The number of aryl methyl sites for hydroxylation is 1. The molecule has 17 heavy (non-hydrogen) atoms. The minimum Gasteiger partial charge on any atom is -0.456 e. The van der Waals surface area contributed by atoms with Crippen LogP contribution in [0.3, 0.4) is 0 Å². The Hall–Kier alpha value is -1.94. The van der Waals surface area contributed by atoms with Crippen molar-refractivity contribution in [1.29, 1.82) is 0 Å². The van der Waals surface area contributed by atoms with Crippen LogP contribution in [-0.2, 0) is 6.54 Å². The van der Waals surface area contributed by atoms with Gasteiger partial charge in [-0.05, 0) is 42.8 Å². The fourth-order valence-electron chi connectivity index (χ4n) is 1.54. The molecule has 0 amide bonds. The number of benzene rings is 1. The van der Waals surface area contributed by atoms with E-state index in [1.807, 2.05) is 0 Å². The van der Waals surface area contributed by atoms with Crippen molar-refractivity contribution in [3.05, 3.63) is 58.8 Å². The molecule has 0 fully saturated rings. The molecular formula is C13H12FNO2. The van der Waals surface area contributed by atoms with Crippen molar-refractivity contribution in [3.63, 3.8) is 0 Å². The van der Waals surface area contributed by atoms with Gasteiger partial charge in [0.1, 0.15) is 11.6 Å². The van der Waals surface area contributed by atoms with Crippen molar-refractivity contribution in [2.24, 2.45) is 5.73 Å². The zero-order chi connectivity index (χ0) is 12.4. The van der Waals surface area contributed by atoms with E-state index in [4.69, 9.17) is 10.2 Å². The predicted octanol–water partition coefficient (Wildman–Crippen LogP) is 2.42. The second-order valence-electron chi connectivity index (χ2n) is 3.76.